The molecule has 1 amide bonds. The second-order valence-corrected chi connectivity index (χ2v) is 4.73. The van der Waals surface area contributed by atoms with Crippen LogP contribution < -0.4 is 5.48 Å². The molecule has 1 aromatic rings. The van der Waals surface area contributed by atoms with Crippen LogP contribution >= 0.6 is 0 Å². The van der Waals surface area contributed by atoms with Crippen molar-refractivity contribution in [1.82, 2.24) is 5.48 Å². The second kappa shape index (κ2) is 4.78. The third-order valence-corrected chi connectivity index (χ3v) is 3.62. The zero-order valence-corrected chi connectivity index (χ0v) is 10.4. The number of hydroxylamine groups is 1. The van der Waals surface area contributed by atoms with Crippen molar-refractivity contribution in [2.45, 2.75) is 19.8 Å². The quantitative estimate of drug-likeness (QED) is 0.487. The average molecular weight is 243 g/mol. The maximum atomic E-state index is 11.9. The molecule has 3 heteroatoms. The van der Waals surface area contributed by atoms with E-state index in [4.69, 9.17) is 5.21 Å². The van der Waals surface area contributed by atoms with Crippen molar-refractivity contribution >= 4 is 11.5 Å². The van der Waals surface area contributed by atoms with Gasteiger partial charge in [0.15, 0.2) is 0 Å². The first-order valence-corrected chi connectivity index (χ1v) is 5.98. The Morgan fingerprint density at radius 1 is 1.39 bits per heavy atom. The first-order chi connectivity index (χ1) is 8.60. The van der Waals surface area contributed by atoms with Crippen molar-refractivity contribution < 1.29 is 10.0 Å². The highest BCUT2D eigenvalue weighted by Gasteiger charge is 2.41. The first kappa shape index (κ1) is 12.6. The van der Waals surface area contributed by atoms with Crippen LogP contribution in [0.3, 0.4) is 0 Å². The normalized spacial score (nSPS) is 22.4. The van der Waals surface area contributed by atoms with E-state index in [2.05, 4.69) is 6.58 Å². The van der Waals surface area contributed by atoms with Crippen LogP contribution in [0.25, 0.3) is 5.57 Å². The summed E-state index contributed by atoms with van der Waals surface area (Å²) in [5, 5.41) is 8.90. The maximum Gasteiger partial charge on any atom is 0.257 e. The number of allylic oxidation sites excluding steroid dienone is 1. The summed E-state index contributed by atoms with van der Waals surface area (Å²) >= 11 is 0. The highest BCUT2D eigenvalue weighted by Crippen LogP contribution is 2.44. The second-order valence-electron chi connectivity index (χ2n) is 4.73. The fourth-order valence-corrected chi connectivity index (χ4v) is 2.46. The predicted molar refractivity (Wildman–Crippen MR) is 70.8 cm³/mol. The van der Waals surface area contributed by atoms with E-state index in [0.717, 1.165) is 23.1 Å². The molecule has 0 unspecified atom stereocenters. The first-order valence-electron chi connectivity index (χ1n) is 5.98. The van der Waals surface area contributed by atoms with Crippen LogP contribution in [0, 0.1) is 5.41 Å². The Kier molecular flexibility index (Phi) is 3.34. The molecule has 3 nitrogen and oxygen atoms in total. The minimum absolute atomic E-state index is 0.402. The van der Waals surface area contributed by atoms with Crippen molar-refractivity contribution in [3.8, 4) is 0 Å². The van der Waals surface area contributed by atoms with Gasteiger partial charge in [0, 0.05) is 0 Å². The van der Waals surface area contributed by atoms with Crippen LogP contribution in [-0.2, 0) is 4.79 Å². The van der Waals surface area contributed by atoms with Gasteiger partial charge in [-0.3, -0.25) is 10.0 Å². The Morgan fingerprint density at radius 2 is 2.06 bits per heavy atom. The van der Waals surface area contributed by atoms with Gasteiger partial charge in [0.2, 0.25) is 0 Å². The van der Waals surface area contributed by atoms with Crippen molar-refractivity contribution in [1.29, 1.82) is 0 Å². The molecule has 0 radical (unpaired) electrons. The van der Waals surface area contributed by atoms with Gasteiger partial charge in [0.05, 0.1) is 5.41 Å². The van der Waals surface area contributed by atoms with Crippen LogP contribution in [0.15, 0.2) is 48.6 Å². The molecule has 2 N–H and O–H groups in total. The number of benzene rings is 1. The molecular formula is C15H17NO2. The zero-order chi connectivity index (χ0) is 13.2. The van der Waals surface area contributed by atoms with Crippen molar-refractivity contribution in [2.75, 3.05) is 0 Å². The van der Waals surface area contributed by atoms with E-state index in [-0.39, 0.29) is 0 Å². The van der Waals surface area contributed by atoms with E-state index in [1.165, 1.54) is 0 Å². The summed E-state index contributed by atoms with van der Waals surface area (Å²) < 4.78 is 0. The Hall–Kier alpha value is -1.87. The largest absolute Gasteiger partial charge is 0.289 e. The fourth-order valence-electron chi connectivity index (χ4n) is 2.46. The summed E-state index contributed by atoms with van der Waals surface area (Å²) in [6.07, 6.45) is 3.39. The number of amides is 1. The Labute approximate surface area is 107 Å². The van der Waals surface area contributed by atoms with Crippen molar-refractivity contribution in [3.63, 3.8) is 0 Å². The highest BCUT2D eigenvalue weighted by atomic mass is 16.5. The summed E-state index contributed by atoms with van der Waals surface area (Å²) in [5.41, 5.74) is 3.97. The minimum Gasteiger partial charge on any atom is -0.289 e. The molecule has 1 aromatic carbocycles. The standard InChI is InChI=1S/C15H17NO2/c1-11(2)15(14(17)16-18)9-8-13(10-15)12-6-4-3-5-7-12/h3-7,10,18H,1,8-9H2,2H3,(H,16,17)/t15-/m0/s1. The van der Waals surface area contributed by atoms with E-state index < -0.39 is 11.3 Å². The molecular weight excluding hydrogens is 226 g/mol. The molecule has 94 valence electrons. The summed E-state index contributed by atoms with van der Waals surface area (Å²) in [7, 11) is 0. The predicted octanol–water partition coefficient (Wildman–Crippen LogP) is 2.93. The monoisotopic (exact) mass is 243 g/mol. The molecule has 1 atom stereocenters. The molecule has 0 heterocycles. The Bertz CT molecular complexity index is 504. The number of hydrogen-bond donors (Lipinski definition) is 2. The smallest absolute Gasteiger partial charge is 0.257 e. The number of carbonyl (C=O) groups is 1. The Balaban J connectivity index is 2.41. The van der Waals surface area contributed by atoms with Gasteiger partial charge in [-0.1, -0.05) is 48.6 Å². The maximum absolute atomic E-state index is 11.9. The number of hydrogen-bond acceptors (Lipinski definition) is 2. The van der Waals surface area contributed by atoms with E-state index in [1.54, 1.807) is 5.48 Å². The lowest BCUT2D eigenvalue weighted by Gasteiger charge is -2.24. The third kappa shape index (κ3) is 1.97. The minimum atomic E-state index is -0.778. The summed E-state index contributed by atoms with van der Waals surface area (Å²) in [4.78, 5) is 11.9. The molecule has 18 heavy (non-hydrogen) atoms. The Morgan fingerprint density at radius 3 is 2.61 bits per heavy atom. The zero-order valence-electron chi connectivity index (χ0n) is 10.4. The summed E-state index contributed by atoms with van der Waals surface area (Å²) in [6.45, 7) is 5.71. The molecule has 1 aliphatic carbocycles. The number of nitrogens with one attached hydrogen (secondary N) is 1. The highest BCUT2D eigenvalue weighted by molar-refractivity contribution is 5.91. The van der Waals surface area contributed by atoms with Gasteiger partial charge in [0.1, 0.15) is 0 Å². The third-order valence-electron chi connectivity index (χ3n) is 3.62. The molecule has 0 saturated carbocycles. The van der Waals surface area contributed by atoms with E-state index in [0.29, 0.717) is 6.42 Å². The van der Waals surface area contributed by atoms with Crippen LogP contribution in [0.4, 0.5) is 0 Å². The molecule has 0 saturated heterocycles. The number of rotatable bonds is 3. The molecule has 0 aromatic heterocycles. The lowest BCUT2D eigenvalue weighted by molar-refractivity contribution is -0.135. The molecule has 0 aliphatic heterocycles. The van der Waals surface area contributed by atoms with E-state index in [1.807, 2.05) is 43.3 Å². The van der Waals surface area contributed by atoms with Gasteiger partial charge in [-0.15, -0.1) is 0 Å². The average Bonchev–Trinajstić information content (AvgIpc) is 2.85. The van der Waals surface area contributed by atoms with Crippen molar-refractivity contribution in [3.05, 3.63) is 54.1 Å². The number of carbonyl (C=O) groups excluding carboxylic acids is 1. The van der Waals surface area contributed by atoms with Gasteiger partial charge in [-0.25, -0.2) is 5.48 Å². The molecule has 0 spiro atoms. The van der Waals surface area contributed by atoms with Crippen LogP contribution in [0.1, 0.15) is 25.3 Å². The summed E-state index contributed by atoms with van der Waals surface area (Å²) in [6, 6.07) is 9.96. The van der Waals surface area contributed by atoms with Gasteiger partial charge >= 0.3 is 0 Å². The molecule has 1 aliphatic rings. The van der Waals surface area contributed by atoms with Crippen molar-refractivity contribution in [2.24, 2.45) is 5.41 Å². The summed E-state index contributed by atoms with van der Waals surface area (Å²) in [5.74, 6) is -0.402. The van der Waals surface area contributed by atoms with Crippen LogP contribution in [0.2, 0.25) is 0 Å². The van der Waals surface area contributed by atoms with Gasteiger partial charge in [-0.05, 0) is 30.9 Å². The fraction of sp³-hybridized carbons (Fsp3) is 0.267. The van der Waals surface area contributed by atoms with Gasteiger partial charge < -0.3 is 0 Å². The molecule has 2 rings (SSSR count). The van der Waals surface area contributed by atoms with Crippen LogP contribution in [-0.4, -0.2) is 11.1 Å². The lowest BCUT2D eigenvalue weighted by atomic mass is 9.80. The lowest BCUT2D eigenvalue weighted by Crippen LogP contribution is -2.37. The topological polar surface area (TPSA) is 49.3 Å². The van der Waals surface area contributed by atoms with E-state index >= 15 is 0 Å². The molecule has 0 bridgehead atoms. The SMILES string of the molecule is C=C(C)[C@@]1(C(=O)NO)C=C(c2ccccc2)CC1. The van der Waals surface area contributed by atoms with Gasteiger partial charge in [0.25, 0.3) is 5.91 Å². The van der Waals surface area contributed by atoms with Crippen LogP contribution in [0.5, 0.6) is 0 Å². The van der Waals surface area contributed by atoms with E-state index in [9.17, 15) is 4.79 Å². The van der Waals surface area contributed by atoms with Gasteiger partial charge in [-0.2, -0.15) is 0 Å². The molecule has 0 fully saturated rings.